The Labute approximate surface area is 100 Å². The molecule has 0 amide bonds. The van der Waals surface area contributed by atoms with Crippen LogP contribution in [0.2, 0.25) is 0 Å². The monoisotopic (exact) mass is 283 g/mol. The summed E-state index contributed by atoms with van der Waals surface area (Å²) in [4.78, 5) is 8.00. The van der Waals surface area contributed by atoms with Gasteiger partial charge >= 0.3 is 0 Å². The van der Waals surface area contributed by atoms with E-state index in [1.807, 2.05) is 0 Å². The summed E-state index contributed by atoms with van der Waals surface area (Å²) in [6.45, 7) is 0. The summed E-state index contributed by atoms with van der Waals surface area (Å²) >= 11 is 3.32. The molecule has 0 bridgehead atoms. The predicted octanol–water partition coefficient (Wildman–Crippen LogP) is -0.0797. The molecule has 2 aromatic heterocycles. The zero-order valence-electron chi connectivity index (χ0n) is 8.50. The number of nitrogens with one attached hydrogen (secondary N) is 1. The molecule has 2 rings (SSSR count). The molecule has 0 aliphatic carbocycles. The fraction of sp³-hybridized carbons (Fsp3) is 0.250. The summed E-state index contributed by atoms with van der Waals surface area (Å²) in [5.41, 5.74) is 4.24. The van der Waals surface area contributed by atoms with Gasteiger partial charge < -0.3 is 0 Å². The van der Waals surface area contributed by atoms with Crippen molar-refractivity contribution in [3.05, 3.63) is 34.6 Å². The molecular formula is C8H10BrN7. The highest BCUT2D eigenvalue weighted by atomic mass is 79.9. The molecule has 0 radical (unpaired) electrons. The lowest BCUT2D eigenvalue weighted by molar-refractivity contribution is 0.557. The zero-order valence-corrected chi connectivity index (χ0v) is 10.1. The van der Waals surface area contributed by atoms with Crippen molar-refractivity contribution in [1.29, 1.82) is 0 Å². The van der Waals surface area contributed by atoms with Gasteiger partial charge in [0.1, 0.15) is 12.4 Å². The average Bonchev–Trinajstić information content (AvgIpc) is 2.63. The normalized spacial score (nSPS) is 12.7. The topological polar surface area (TPSA) is 94.5 Å². The maximum Gasteiger partial charge on any atom is 0.153 e. The van der Waals surface area contributed by atoms with Crippen molar-refractivity contribution in [3.8, 4) is 0 Å². The van der Waals surface area contributed by atoms with E-state index in [0.717, 1.165) is 11.4 Å². The fourth-order valence-corrected chi connectivity index (χ4v) is 1.98. The first-order chi connectivity index (χ1) is 7.74. The Morgan fingerprint density at radius 2 is 2.38 bits per heavy atom. The number of hydrogen-bond acceptors (Lipinski definition) is 6. The van der Waals surface area contributed by atoms with Crippen LogP contribution >= 0.6 is 15.9 Å². The molecule has 2 aromatic rings. The van der Waals surface area contributed by atoms with Crippen LogP contribution in [0.15, 0.2) is 23.2 Å². The van der Waals surface area contributed by atoms with Crippen LogP contribution in [0.25, 0.3) is 0 Å². The molecule has 0 spiro atoms. The third-order valence-electron chi connectivity index (χ3n) is 2.17. The number of aryl methyl sites for hydroxylation is 1. The van der Waals surface area contributed by atoms with Crippen molar-refractivity contribution in [1.82, 2.24) is 30.4 Å². The highest BCUT2D eigenvalue weighted by Crippen LogP contribution is 2.24. The van der Waals surface area contributed by atoms with E-state index in [2.05, 4.69) is 41.6 Å². The van der Waals surface area contributed by atoms with Gasteiger partial charge in [-0.3, -0.25) is 5.84 Å². The molecule has 1 atom stereocenters. The molecule has 0 saturated carbocycles. The van der Waals surface area contributed by atoms with Crippen molar-refractivity contribution in [2.24, 2.45) is 12.9 Å². The standard InChI is InChI=1S/C8H10BrN7/c1-16-7(8(9)14-15-16)6(13-10)5-2-3-11-4-12-5/h2-4,6,13H,10H2,1H3. The second-order valence-corrected chi connectivity index (χ2v) is 3.87. The van der Waals surface area contributed by atoms with Gasteiger partial charge in [0.15, 0.2) is 4.60 Å². The summed E-state index contributed by atoms with van der Waals surface area (Å²) in [6, 6.07) is 1.50. The van der Waals surface area contributed by atoms with Gasteiger partial charge in [-0.2, -0.15) is 0 Å². The minimum Gasteiger partial charge on any atom is -0.270 e. The van der Waals surface area contributed by atoms with E-state index in [-0.39, 0.29) is 6.04 Å². The van der Waals surface area contributed by atoms with Gasteiger partial charge in [0.05, 0.1) is 11.4 Å². The maximum absolute atomic E-state index is 5.53. The van der Waals surface area contributed by atoms with Gasteiger partial charge in [-0.25, -0.2) is 20.1 Å². The van der Waals surface area contributed by atoms with E-state index in [4.69, 9.17) is 5.84 Å². The lowest BCUT2D eigenvalue weighted by Crippen LogP contribution is -2.31. The Hall–Kier alpha value is -1.38. The molecule has 2 heterocycles. The molecule has 0 fully saturated rings. The Balaban J connectivity index is 2.45. The lowest BCUT2D eigenvalue weighted by Gasteiger charge is -2.14. The number of nitrogens with zero attached hydrogens (tertiary/aromatic N) is 5. The molecule has 0 aliphatic heterocycles. The van der Waals surface area contributed by atoms with Gasteiger partial charge in [0.2, 0.25) is 0 Å². The largest absolute Gasteiger partial charge is 0.270 e. The molecule has 16 heavy (non-hydrogen) atoms. The van der Waals surface area contributed by atoms with Gasteiger partial charge in [0, 0.05) is 13.2 Å². The van der Waals surface area contributed by atoms with Crippen LogP contribution in [0, 0.1) is 0 Å². The Morgan fingerprint density at radius 3 is 2.88 bits per heavy atom. The Kier molecular flexibility index (Phi) is 3.22. The van der Waals surface area contributed by atoms with E-state index in [1.54, 1.807) is 24.0 Å². The Bertz CT molecular complexity index is 449. The van der Waals surface area contributed by atoms with Crippen LogP contribution in [0.1, 0.15) is 17.4 Å². The average molecular weight is 284 g/mol. The van der Waals surface area contributed by atoms with Crippen molar-refractivity contribution in [2.45, 2.75) is 6.04 Å². The van der Waals surface area contributed by atoms with Crippen LogP contribution < -0.4 is 11.3 Å². The summed E-state index contributed by atoms with van der Waals surface area (Å²) in [6.07, 6.45) is 3.13. The predicted molar refractivity (Wildman–Crippen MR) is 59.9 cm³/mol. The van der Waals surface area contributed by atoms with Gasteiger partial charge in [0.25, 0.3) is 0 Å². The van der Waals surface area contributed by atoms with Gasteiger partial charge in [-0.15, -0.1) is 5.10 Å². The van der Waals surface area contributed by atoms with Gasteiger partial charge in [-0.1, -0.05) is 5.21 Å². The van der Waals surface area contributed by atoms with Crippen molar-refractivity contribution in [2.75, 3.05) is 0 Å². The highest BCUT2D eigenvalue weighted by molar-refractivity contribution is 9.10. The minimum atomic E-state index is -0.280. The van der Waals surface area contributed by atoms with E-state index in [0.29, 0.717) is 4.60 Å². The first-order valence-electron chi connectivity index (χ1n) is 4.51. The zero-order chi connectivity index (χ0) is 11.5. The molecule has 7 nitrogen and oxygen atoms in total. The fourth-order valence-electron chi connectivity index (χ4n) is 1.42. The number of nitrogens with two attached hydrogens (primary N) is 1. The van der Waals surface area contributed by atoms with E-state index < -0.39 is 0 Å². The smallest absolute Gasteiger partial charge is 0.153 e. The Morgan fingerprint density at radius 1 is 1.56 bits per heavy atom. The van der Waals surface area contributed by atoms with Crippen LogP contribution in [0.5, 0.6) is 0 Å². The summed E-state index contributed by atoms with van der Waals surface area (Å²) < 4.78 is 2.27. The summed E-state index contributed by atoms with van der Waals surface area (Å²) in [7, 11) is 1.79. The number of rotatable bonds is 3. The number of hydrogen-bond donors (Lipinski definition) is 2. The summed E-state index contributed by atoms with van der Waals surface area (Å²) in [5, 5.41) is 7.79. The highest BCUT2D eigenvalue weighted by Gasteiger charge is 2.21. The second-order valence-electron chi connectivity index (χ2n) is 3.12. The molecule has 84 valence electrons. The van der Waals surface area contributed by atoms with Crippen LogP contribution in [0.4, 0.5) is 0 Å². The van der Waals surface area contributed by atoms with Crippen molar-refractivity contribution >= 4 is 15.9 Å². The van der Waals surface area contributed by atoms with Gasteiger partial charge in [-0.05, 0) is 22.0 Å². The van der Waals surface area contributed by atoms with E-state index in [1.165, 1.54) is 6.33 Å². The molecule has 0 saturated heterocycles. The summed E-state index contributed by atoms with van der Waals surface area (Å²) in [5.74, 6) is 5.53. The SMILES string of the molecule is Cn1nnc(Br)c1C(NN)c1ccncn1. The van der Waals surface area contributed by atoms with Crippen LogP contribution in [0.3, 0.4) is 0 Å². The molecule has 0 aromatic carbocycles. The maximum atomic E-state index is 5.53. The first kappa shape index (κ1) is 11.1. The molecule has 3 N–H and O–H groups in total. The quantitative estimate of drug-likeness (QED) is 0.604. The molecular weight excluding hydrogens is 274 g/mol. The van der Waals surface area contributed by atoms with Crippen molar-refractivity contribution in [3.63, 3.8) is 0 Å². The number of halogens is 1. The molecule has 1 unspecified atom stereocenters. The third-order valence-corrected chi connectivity index (χ3v) is 2.73. The first-order valence-corrected chi connectivity index (χ1v) is 5.30. The number of hydrazine groups is 1. The second kappa shape index (κ2) is 4.64. The third kappa shape index (κ3) is 1.94. The van der Waals surface area contributed by atoms with Crippen molar-refractivity contribution < 1.29 is 0 Å². The lowest BCUT2D eigenvalue weighted by atomic mass is 10.1. The molecule has 0 aliphatic rings. The van der Waals surface area contributed by atoms with Crippen LogP contribution in [-0.2, 0) is 7.05 Å². The van der Waals surface area contributed by atoms with Crippen LogP contribution in [-0.4, -0.2) is 25.0 Å². The van der Waals surface area contributed by atoms with E-state index in [9.17, 15) is 0 Å². The molecule has 8 heteroatoms. The van der Waals surface area contributed by atoms with E-state index >= 15 is 0 Å². The minimum absolute atomic E-state index is 0.280. The number of aromatic nitrogens is 5.